The van der Waals surface area contributed by atoms with Crippen molar-refractivity contribution in [2.75, 3.05) is 0 Å². The summed E-state index contributed by atoms with van der Waals surface area (Å²) in [6.07, 6.45) is 0.917. The Hall–Kier alpha value is 1.48. The van der Waals surface area contributed by atoms with Crippen LogP contribution in [0.1, 0.15) is 13.8 Å². The number of carbonyl (C=O) groups excluding carboxylic acids is 1. The van der Waals surface area contributed by atoms with Crippen LogP contribution in [0.25, 0.3) is 0 Å². The Morgan fingerprint density at radius 2 is 1.67 bits per heavy atom. The Morgan fingerprint density at radius 1 is 1.50 bits per heavy atom. The van der Waals surface area contributed by atoms with E-state index in [1.54, 1.807) is 0 Å². The molecule has 0 N–H and O–H groups in total. The van der Waals surface area contributed by atoms with Gasteiger partial charge in [0.25, 0.3) is 0 Å². The van der Waals surface area contributed by atoms with Crippen LogP contribution < -0.4 is 0 Å². The molecule has 0 radical (unpaired) electrons. The molecule has 2 heteroatoms. The van der Waals surface area contributed by atoms with Crippen LogP contribution in [-0.4, -0.2) is 64.5 Å². The summed E-state index contributed by atoms with van der Waals surface area (Å²) in [5, 5.41) is 0. The second kappa shape index (κ2) is 6.48. The quantitative estimate of drug-likeness (QED) is 0.498. The molecule has 0 heterocycles. The molecule has 0 aliphatic carbocycles. The summed E-state index contributed by atoms with van der Waals surface area (Å²) in [4.78, 5) is 9.50. The van der Waals surface area contributed by atoms with Crippen LogP contribution in [-0.2, 0) is 4.79 Å². The van der Waals surface area contributed by atoms with Crippen LogP contribution in [0.4, 0.5) is 0 Å². The molecule has 0 spiro atoms. The Kier molecular flexibility index (Phi) is 11.3. The van der Waals surface area contributed by atoms with Crippen molar-refractivity contribution in [3.63, 3.8) is 0 Å². The molecule has 32 valence electrons. The normalized spacial score (nSPS) is 7.17. The van der Waals surface area contributed by atoms with E-state index < -0.39 is 0 Å². The average Bonchev–Trinajstić information content (AvgIpc) is 1.38. The van der Waals surface area contributed by atoms with E-state index in [4.69, 9.17) is 0 Å². The molecule has 0 aromatic carbocycles. The SMILES string of the molecule is CC(C)C=O.[RbH]. The first-order valence-corrected chi connectivity index (χ1v) is 1.72. The van der Waals surface area contributed by atoms with Gasteiger partial charge in [0.1, 0.15) is 6.29 Å². The van der Waals surface area contributed by atoms with Crippen molar-refractivity contribution in [2.45, 2.75) is 13.8 Å². The van der Waals surface area contributed by atoms with Gasteiger partial charge in [0, 0.05) is 5.92 Å². The van der Waals surface area contributed by atoms with E-state index in [1.165, 1.54) is 0 Å². The zero-order valence-corrected chi connectivity index (χ0v) is 3.56. The van der Waals surface area contributed by atoms with Crippen LogP contribution in [0.15, 0.2) is 0 Å². The molecule has 0 amide bonds. The molecule has 0 aromatic heterocycles. The van der Waals surface area contributed by atoms with Gasteiger partial charge in [0.05, 0.1) is 0 Å². The monoisotopic (exact) mass is 158 g/mol. The maximum absolute atomic E-state index is 9.50. The summed E-state index contributed by atoms with van der Waals surface area (Å²) in [6.45, 7) is 3.71. The van der Waals surface area contributed by atoms with Gasteiger partial charge in [0.15, 0.2) is 0 Å². The molecule has 0 aliphatic heterocycles. The minimum absolute atomic E-state index is 0. The zero-order valence-electron chi connectivity index (χ0n) is 3.56. The fourth-order valence-corrected chi connectivity index (χ4v) is 0. The Balaban J connectivity index is 0. The fourth-order valence-electron chi connectivity index (χ4n) is 0. The van der Waals surface area contributed by atoms with Gasteiger partial charge in [-0.05, 0) is 0 Å². The van der Waals surface area contributed by atoms with E-state index in [2.05, 4.69) is 0 Å². The third kappa shape index (κ3) is 9.08. The molecule has 1 nitrogen and oxygen atoms in total. The second-order valence-corrected chi connectivity index (χ2v) is 1.38. The van der Waals surface area contributed by atoms with Crippen LogP contribution in [0.2, 0.25) is 0 Å². The van der Waals surface area contributed by atoms with E-state index in [-0.39, 0.29) is 64.1 Å². The third-order valence-electron chi connectivity index (χ3n) is 0.272. The molecule has 0 saturated carbocycles. The predicted octanol–water partition coefficient (Wildman–Crippen LogP) is 0.193. The van der Waals surface area contributed by atoms with Crippen molar-refractivity contribution >= 4 is 64.5 Å². The van der Waals surface area contributed by atoms with E-state index in [9.17, 15) is 4.79 Å². The van der Waals surface area contributed by atoms with Crippen LogP contribution in [0.3, 0.4) is 0 Å². The van der Waals surface area contributed by atoms with Crippen LogP contribution in [0, 0.1) is 5.92 Å². The maximum atomic E-state index is 9.50. The number of carbonyl (C=O) groups is 1. The molecule has 0 atom stereocenters. The average molecular weight is 159 g/mol. The van der Waals surface area contributed by atoms with Gasteiger partial charge in [-0.2, -0.15) is 0 Å². The van der Waals surface area contributed by atoms with Crippen molar-refractivity contribution in [1.82, 2.24) is 0 Å². The Morgan fingerprint density at radius 3 is 1.67 bits per heavy atom. The first-order chi connectivity index (χ1) is 2.27. The molecule has 0 fully saturated rings. The van der Waals surface area contributed by atoms with E-state index in [1.807, 2.05) is 13.8 Å². The van der Waals surface area contributed by atoms with Gasteiger partial charge < -0.3 is 4.79 Å². The van der Waals surface area contributed by atoms with Crippen LogP contribution >= 0.6 is 0 Å². The summed E-state index contributed by atoms with van der Waals surface area (Å²) in [5.74, 6) is 0.204. The molecule has 0 unspecified atom stereocenters. The van der Waals surface area contributed by atoms with Gasteiger partial charge in [-0.3, -0.25) is 0 Å². The van der Waals surface area contributed by atoms with E-state index >= 15 is 0 Å². The standard InChI is InChI=1S/C4H8O.Rb.H/c1-4(2)3-5;;/h3-4H,1-2H3;;. The Labute approximate surface area is 87.3 Å². The van der Waals surface area contributed by atoms with Crippen molar-refractivity contribution < 1.29 is 4.79 Å². The molecular formula is C4H9ORb. The minimum atomic E-state index is 0. The van der Waals surface area contributed by atoms with Crippen molar-refractivity contribution in [1.29, 1.82) is 0 Å². The zero-order chi connectivity index (χ0) is 4.28. The van der Waals surface area contributed by atoms with Gasteiger partial charge in [-0.25, -0.2) is 0 Å². The topological polar surface area (TPSA) is 17.1 Å². The first-order valence-electron chi connectivity index (χ1n) is 1.72. The van der Waals surface area contributed by atoms with Crippen molar-refractivity contribution in [3.05, 3.63) is 0 Å². The molecule has 0 aromatic rings. The summed E-state index contributed by atoms with van der Waals surface area (Å²) in [7, 11) is 0. The molecule has 0 rings (SSSR count). The van der Waals surface area contributed by atoms with Crippen molar-refractivity contribution in [3.8, 4) is 0 Å². The molecule has 0 saturated heterocycles. The number of hydrogen-bond donors (Lipinski definition) is 0. The number of rotatable bonds is 1. The summed E-state index contributed by atoms with van der Waals surface area (Å²) < 4.78 is 0. The summed E-state index contributed by atoms with van der Waals surface area (Å²) in [6, 6.07) is 0. The van der Waals surface area contributed by atoms with Crippen LogP contribution in [0.5, 0.6) is 0 Å². The van der Waals surface area contributed by atoms with Gasteiger partial charge >= 0.3 is 58.2 Å². The number of aldehydes is 1. The number of hydrogen-bond acceptors (Lipinski definition) is 1. The summed E-state index contributed by atoms with van der Waals surface area (Å²) in [5.41, 5.74) is 0. The van der Waals surface area contributed by atoms with Gasteiger partial charge in [-0.15, -0.1) is 0 Å². The van der Waals surface area contributed by atoms with Gasteiger partial charge in [-0.1, -0.05) is 13.8 Å². The summed E-state index contributed by atoms with van der Waals surface area (Å²) >= 11 is 0. The predicted molar refractivity (Wildman–Crippen MR) is 28.1 cm³/mol. The Bertz CT molecular complexity index is 34.5. The van der Waals surface area contributed by atoms with Gasteiger partial charge in [0.2, 0.25) is 0 Å². The molecule has 0 bridgehead atoms. The van der Waals surface area contributed by atoms with E-state index in [0.717, 1.165) is 6.29 Å². The molecule has 0 aliphatic rings. The third-order valence-corrected chi connectivity index (χ3v) is 0.272. The molecule has 6 heavy (non-hydrogen) atoms. The van der Waals surface area contributed by atoms with E-state index in [0.29, 0.717) is 0 Å². The first kappa shape index (κ1) is 10.5. The molecular weight excluding hydrogens is 150 g/mol. The van der Waals surface area contributed by atoms with Crippen molar-refractivity contribution in [2.24, 2.45) is 5.92 Å². The fraction of sp³-hybridized carbons (Fsp3) is 0.750. The second-order valence-electron chi connectivity index (χ2n) is 1.38.